The van der Waals surface area contributed by atoms with Gasteiger partial charge >= 0.3 is 12.0 Å². The van der Waals surface area contributed by atoms with Crippen LogP contribution in [0, 0.1) is 6.92 Å². The molecule has 1 atom stereocenters. The van der Waals surface area contributed by atoms with E-state index >= 15 is 0 Å². The smallest absolute Gasteiger partial charge is 0.328 e. The highest BCUT2D eigenvalue weighted by Gasteiger charge is 2.20. The lowest BCUT2D eigenvalue weighted by Crippen LogP contribution is -2.11. The average Bonchev–Trinajstić information content (AvgIpc) is 3.04. The number of carboxylic acids is 1. The number of carboxylic acid groups (broad SMARTS) is 1. The van der Waals surface area contributed by atoms with E-state index in [2.05, 4.69) is 40.5 Å². The standard InChI is InChI=1S/C30H28N8O10S2/c1-16-4-8-19(9-5-16)48-30-34-28(31-12-2-3-25(40)41)33-29(35-30)32-23-15-20(50(45,46)47)13-17-6-10-21(27(42)26(17)23)36-37-22-14-18(38-49(43)44)7-11-24(22)39/h4-11,13-15,38-39,42H,2-3,12H2,1H3,(H,40,41)(H,43,44)(H,45,46,47)(H2,31,32,33,34,35)/p-1. The largest absolute Gasteiger partial charge is 0.755 e. The highest BCUT2D eigenvalue weighted by molar-refractivity contribution is 7.85. The first-order chi connectivity index (χ1) is 23.7. The van der Waals surface area contributed by atoms with Crippen LogP contribution >= 0.6 is 0 Å². The maximum atomic E-state index is 12.2. The second-order valence-electron chi connectivity index (χ2n) is 10.4. The van der Waals surface area contributed by atoms with Crippen molar-refractivity contribution in [3.63, 3.8) is 0 Å². The Hall–Kier alpha value is -5.96. The molecule has 5 rings (SSSR count). The highest BCUT2D eigenvalue weighted by Crippen LogP contribution is 2.42. The minimum atomic E-state index is -4.76. The van der Waals surface area contributed by atoms with Crippen LogP contribution in [0.5, 0.6) is 23.3 Å². The maximum absolute atomic E-state index is 12.2. The molecule has 50 heavy (non-hydrogen) atoms. The monoisotopic (exact) mass is 723 g/mol. The predicted octanol–water partition coefficient (Wildman–Crippen LogP) is 5.43. The summed E-state index contributed by atoms with van der Waals surface area (Å²) in [6.45, 7) is 2.06. The zero-order chi connectivity index (χ0) is 36.0. The summed E-state index contributed by atoms with van der Waals surface area (Å²) in [5.41, 5.74) is 0.649. The molecule has 5 aromatic rings. The van der Waals surface area contributed by atoms with Crippen molar-refractivity contribution in [2.45, 2.75) is 24.7 Å². The van der Waals surface area contributed by atoms with E-state index in [0.717, 1.165) is 17.7 Å². The van der Waals surface area contributed by atoms with Crippen molar-refractivity contribution >= 4 is 72.8 Å². The summed E-state index contributed by atoms with van der Waals surface area (Å²) in [4.78, 5) is 23.2. The lowest BCUT2D eigenvalue weighted by atomic mass is 10.1. The van der Waals surface area contributed by atoms with Gasteiger partial charge in [0.2, 0.25) is 11.9 Å². The molecule has 0 saturated carbocycles. The summed E-state index contributed by atoms with van der Waals surface area (Å²) in [7, 11) is -4.76. The van der Waals surface area contributed by atoms with Gasteiger partial charge in [-0.15, -0.1) is 10.2 Å². The number of fused-ring (bicyclic) bond motifs is 1. The first-order valence-electron chi connectivity index (χ1n) is 14.4. The van der Waals surface area contributed by atoms with Crippen LogP contribution in [-0.2, 0) is 26.2 Å². The fourth-order valence-corrected chi connectivity index (χ4v) is 5.28. The van der Waals surface area contributed by atoms with Crippen LogP contribution in [0.25, 0.3) is 10.8 Å². The normalized spacial score (nSPS) is 12.1. The molecule has 0 spiro atoms. The third kappa shape index (κ3) is 9.14. The van der Waals surface area contributed by atoms with Gasteiger partial charge in [-0.2, -0.15) is 23.4 Å². The minimum Gasteiger partial charge on any atom is -0.755 e. The number of hydrogen-bond acceptors (Lipinski definition) is 15. The van der Waals surface area contributed by atoms with Gasteiger partial charge < -0.3 is 40.0 Å². The topological polar surface area (TPSA) is 281 Å². The Morgan fingerprint density at radius 2 is 1.68 bits per heavy atom. The van der Waals surface area contributed by atoms with Crippen LogP contribution in [0.2, 0.25) is 0 Å². The number of nitrogens with zero attached hydrogens (tertiary/aromatic N) is 5. The third-order valence-corrected chi connectivity index (χ3v) is 7.96. The molecule has 1 unspecified atom stereocenters. The summed E-state index contributed by atoms with van der Waals surface area (Å²) in [6.07, 6.45) is 0.118. The van der Waals surface area contributed by atoms with Gasteiger partial charge in [-0.25, -0.2) is 0 Å². The molecule has 0 fully saturated rings. The maximum Gasteiger partial charge on any atom is 0.328 e. The molecular formula is C30H27N8O10S2-. The summed E-state index contributed by atoms with van der Waals surface area (Å²) >= 11 is -2.65. The number of hydrogen-bond donors (Lipinski definition) is 7. The number of benzene rings is 4. The Kier molecular flexibility index (Phi) is 10.7. The van der Waals surface area contributed by atoms with Crippen molar-refractivity contribution in [3.05, 3.63) is 72.3 Å². The Morgan fingerprint density at radius 3 is 2.38 bits per heavy atom. The molecule has 0 aliphatic heterocycles. The third-order valence-electron chi connectivity index (χ3n) is 6.72. The molecule has 0 aliphatic carbocycles. The summed E-state index contributed by atoms with van der Waals surface area (Å²) in [5, 5.41) is 44.3. The van der Waals surface area contributed by atoms with Gasteiger partial charge in [0.25, 0.3) is 10.1 Å². The number of anilines is 4. The Bertz CT molecular complexity index is 2240. The second-order valence-corrected chi connectivity index (χ2v) is 12.5. The van der Waals surface area contributed by atoms with Crippen LogP contribution in [0.3, 0.4) is 0 Å². The number of aliphatic carboxylic acids is 1. The van der Waals surface area contributed by atoms with Crippen LogP contribution in [0.4, 0.5) is 34.6 Å². The van der Waals surface area contributed by atoms with Crippen molar-refractivity contribution in [1.82, 2.24) is 15.0 Å². The number of rotatable bonds is 14. The molecule has 1 aromatic heterocycles. The Morgan fingerprint density at radius 1 is 0.960 bits per heavy atom. The Labute approximate surface area is 286 Å². The lowest BCUT2D eigenvalue weighted by molar-refractivity contribution is -0.137. The fraction of sp³-hybridized carbons (Fsp3) is 0.133. The molecule has 0 bridgehead atoms. The first kappa shape index (κ1) is 35.3. The molecule has 0 amide bonds. The van der Waals surface area contributed by atoms with Gasteiger partial charge in [0, 0.05) is 35.3 Å². The van der Waals surface area contributed by atoms with Crippen molar-refractivity contribution in [2.24, 2.45) is 10.2 Å². The molecule has 0 radical (unpaired) electrons. The van der Waals surface area contributed by atoms with Crippen molar-refractivity contribution in [1.29, 1.82) is 0 Å². The first-order valence-corrected chi connectivity index (χ1v) is 16.9. The van der Waals surface area contributed by atoms with Gasteiger partial charge in [0.1, 0.15) is 22.9 Å². The van der Waals surface area contributed by atoms with Gasteiger partial charge in [-0.3, -0.25) is 13.6 Å². The van der Waals surface area contributed by atoms with Gasteiger partial charge in [0.05, 0.1) is 10.6 Å². The quantitative estimate of drug-likeness (QED) is 0.0247. The molecule has 260 valence electrons. The van der Waals surface area contributed by atoms with E-state index in [0.29, 0.717) is 5.75 Å². The number of phenols is 2. The zero-order valence-corrected chi connectivity index (χ0v) is 27.4. The van der Waals surface area contributed by atoms with E-state index in [1.165, 1.54) is 30.3 Å². The number of ether oxygens (including phenoxy) is 1. The van der Waals surface area contributed by atoms with E-state index in [4.69, 9.17) is 9.84 Å². The Balaban J connectivity index is 1.57. The van der Waals surface area contributed by atoms with E-state index < -0.39 is 38.0 Å². The van der Waals surface area contributed by atoms with Crippen LogP contribution in [0.15, 0.2) is 81.9 Å². The molecule has 4 aromatic carbocycles. The number of aryl methyl sites for hydroxylation is 1. The molecule has 1 heterocycles. The lowest BCUT2D eigenvalue weighted by Gasteiger charge is -2.14. The number of phenolic OH excluding ortho intramolecular Hbond substituents is 2. The van der Waals surface area contributed by atoms with E-state index in [1.54, 1.807) is 24.3 Å². The number of carbonyl (C=O) groups is 1. The zero-order valence-electron chi connectivity index (χ0n) is 25.8. The van der Waals surface area contributed by atoms with Crippen LogP contribution in [0.1, 0.15) is 18.4 Å². The van der Waals surface area contributed by atoms with Crippen LogP contribution < -0.4 is 20.1 Å². The summed E-state index contributed by atoms with van der Waals surface area (Å²) in [6, 6.07) is 15.2. The SMILES string of the molecule is Cc1ccc(Oc2nc(NCCCC(=O)O)nc(Nc3cc(S(=O)(=O)O)cc4ccc(N=Nc5cc(NS(=O)[O-])ccc5O)c(O)c34)n2)cc1. The van der Waals surface area contributed by atoms with Crippen molar-refractivity contribution in [2.75, 3.05) is 21.9 Å². The molecule has 0 aliphatic rings. The summed E-state index contributed by atoms with van der Waals surface area (Å²) < 4.78 is 64.2. The van der Waals surface area contributed by atoms with Gasteiger partial charge in [0.15, 0.2) is 5.75 Å². The molecule has 20 heteroatoms. The van der Waals surface area contributed by atoms with Crippen molar-refractivity contribution in [3.8, 4) is 23.3 Å². The average molecular weight is 724 g/mol. The van der Waals surface area contributed by atoms with Crippen molar-refractivity contribution < 1.29 is 46.6 Å². The van der Waals surface area contributed by atoms with E-state index in [-0.39, 0.29) is 76.6 Å². The molecule has 7 N–H and O–H groups in total. The minimum absolute atomic E-state index is 0.00683. The fourth-order valence-electron chi connectivity index (χ4n) is 4.42. The number of azo groups is 1. The van der Waals surface area contributed by atoms with Crippen LogP contribution in [-0.4, -0.2) is 64.5 Å². The number of aromatic nitrogens is 3. The molecule has 0 saturated heterocycles. The molecular weight excluding hydrogens is 697 g/mol. The van der Waals surface area contributed by atoms with E-state index in [9.17, 15) is 36.7 Å². The number of nitrogens with one attached hydrogen (secondary N) is 3. The highest BCUT2D eigenvalue weighted by atomic mass is 32.2. The predicted molar refractivity (Wildman–Crippen MR) is 180 cm³/mol. The number of aromatic hydroxyl groups is 2. The second kappa shape index (κ2) is 15.1. The molecule has 18 nitrogen and oxygen atoms in total. The van der Waals surface area contributed by atoms with Gasteiger partial charge in [-0.05, 0) is 67.3 Å². The van der Waals surface area contributed by atoms with E-state index in [1.807, 2.05) is 6.92 Å². The van der Waals surface area contributed by atoms with Gasteiger partial charge in [-0.1, -0.05) is 23.8 Å². The summed E-state index contributed by atoms with van der Waals surface area (Å²) in [5.74, 6) is -1.69.